The molecule has 6 nitrogen and oxygen atoms in total. The number of anilines is 1. The van der Waals surface area contributed by atoms with Crippen LogP contribution < -0.4 is 10.1 Å². The van der Waals surface area contributed by atoms with Gasteiger partial charge in [-0.3, -0.25) is 4.79 Å². The van der Waals surface area contributed by atoms with Crippen molar-refractivity contribution in [3.8, 4) is 17.0 Å². The van der Waals surface area contributed by atoms with Gasteiger partial charge in [0.05, 0.1) is 19.2 Å². The summed E-state index contributed by atoms with van der Waals surface area (Å²) in [5.41, 5.74) is 7.32. The number of carbonyl (C=O) groups is 1. The van der Waals surface area contributed by atoms with E-state index in [1.807, 2.05) is 24.3 Å². The van der Waals surface area contributed by atoms with Gasteiger partial charge < -0.3 is 15.2 Å². The minimum absolute atomic E-state index is 0.0359. The molecule has 0 aliphatic carbocycles. The number of aliphatic carboxylic acids is 1. The molecule has 0 spiro atoms. The van der Waals surface area contributed by atoms with Crippen LogP contribution in [0.15, 0.2) is 42.7 Å². The van der Waals surface area contributed by atoms with E-state index in [-0.39, 0.29) is 6.42 Å². The Balaban J connectivity index is 1.74. The van der Waals surface area contributed by atoms with E-state index in [0.29, 0.717) is 6.54 Å². The molecule has 0 atom stereocenters. The van der Waals surface area contributed by atoms with Gasteiger partial charge in [-0.05, 0) is 66.6 Å². The summed E-state index contributed by atoms with van der Waals surface area (Å²) in [6.07, 6.45) is 4.19. The van der Waals surface area contributed by atoms with Crippen molar-refractivity contribution in [3.63, 3.8) is 0 Å². The summed E-state index contributed by atoms with van der Waals surface area (Å²) >= 11 is 0. The Hall–Kier alpha value is -3.41. The third-order valence-corrected chi connectivity index (χ3v) is 5.63. The number of nitrogens with one attached hydrogen (secondary N) is 1. The molecule has 2 N–H and O–H groups in total. The topological polar surface area (TPSA) is 84.3 Å². The summed E-state index contributed by atoms with van der Waals surface area (Å²) in [5.74, 6) is 0.844. The fraction of sp³-hybridized carbons (Fsp3) is 0.346. The van der Waals surface area contributed by atoms with Crippen LogP contribution in [0.5, 0.6) is 5.75 Å². The van der Waals surface area contributed by atoms with Gasteiger partial charge in [-0.1, -0.05) is 31.5 Å². The van der Waals surface area contributed by atoms with Gasteiger partial charge in [-0.25, -0.2) is 9.97 Å². The van der Waals surface area contributed by atoms with Gasteiger partial charge in [0.25, 0.3) is 0 Å². The van der Waals surface area contributed by atoms with Crippen molar-refractivity contribution in [2.45, 2.75) is 46.5 Å². The molecular weight excluding hydrogens is 402 g/mol. The van der Waals surface area contributed by atoms with Crippen LogP contribution >= 0.6 is 0 Å². The second kappa shape index (κ2) is 10.8. The van der Waals surface area contributed by atoms with E-state index in [2.05, 4.69) is 48.2 Å². The van der Waals surface area contributed by atoms with Crippen molar-refractivity contribution >= 4 is 11.8 Å². The Morgan fingerprint density at radius 1 is 1.00 bits per heavy atom. The van der Waals surface area contributed by atoms with Crippen molar-refractivity contribution in [1.82, 2.24) is 9.97 Å². The Morgan fingerprint density at radius 2 is 1.78 bits per heavy atom. The first-order chi connectivity index (χ1) is 15.4. The quantitative estimate of drug-likeness (QED) is 0.468. The molecule has 32 heavy (non-hydrogen) atoms. The highest BCUT2D eigenvalue weighted by molar-refractivity contribution is 5.72. The predicted octanol–water partition coefficient (Wildman–Crippen LogP) is 5.00. The van der Waals surface area contributed by atoms with Crippen LogP contribution in [-0.2, 0) is 24.1 Å². The molecule has 0 aliphatic rings. The van der Waals surface area contributed by atoms with Crippen LogP contribution in [-0.4, -0.2) is 34.7 Å². The van der Waals surface area contributed by atoms with E-state index < -0.39 is 5.97 Å². The molecule has 0 saturated carbocycles. The zero-order valence-corrected chi connectivity index (χ0v) is 19.2. The highest BCUT2D eigenvalue weighted by Crippen LogP contribution is 2.25. The van der Waals surface area contributed by atoms with E-state index in [0.717, 1.165) is 58.8 Å². The van der Waals surface area contributed by atoms with Crippen LogP contribution in [0.3, 0.4) is 0 Å². The number of carboxylic acids is 1. The average Bonchev–Trinajstić information content (AvgIpc) is 2.77. The normalized spacial score (nSPS) is 10.8. The lowest BCUT2D eigenvalue weighted by molar-refractivity contribution is -0.136. The third-order valence-electron chi connectivity index (χ3n) is 5.63. The number of nitrogens with zero attached hydrogens (tertiary/aromatic N) is 2. The van der Waals surface area contributed by atoms with E-state index in [9.17, 15) is 9.90 Å². The first-order valence-corrected chi connectivity index (χ1v) is 10.9. The average molecular weight is 434 g/mol. The van der Waals surface area contributed by atoms with Gasteiger partial charge in [0.2, 0.25) is 0 Å². The molecular formula is C26H31N3O3. The third kappa shape index (κ3) is 5.84. The second-order valence-electron chi connectivity index (χ2n) is 8.02. The van der Waals surface area contributed by atoms with Crippen LogP contribution in [0.2, 0.25) is 0 Å². The van der Waals surface area contributed by atoms with E-state index >= 15 is 0 Å². The number of aryl methyl sites for hydroxylation is 3. The summed E-state index contributed by atoms with van der Waals surface area (Å²) in [5, 5.41) is 12.6. The maximum Gasteiger partial charge on any atom is 0.307 e. The lowest BCUT2D eigenvalue weighted by Crippen LogP contribution is -2.08. The van der Waals surface area contributed by atoms with Crippen LogP contribution in [0.1, 0.15) is 41.2 Å². The van der Waals surface area contributed by atoms with Gasteiger partial charge in [0.15, 0.2) is 0 Å². The van der Waals surface area contributed by atoms with Crippen molar-refractivity contribution in [1.29, 1.82) is 0 Å². The second-order valence-corrected chi connectivity index (χ2v) is 8.02. The highest BCUT2D eigenvalue weighted by atomic mass is 16.5. The fourth-order valence-electron chi connectivity index (χ4n) is 3.79. The predicted molar refractivity (Wildman–Crippen MR) is 127 cm³/mol. The Morgan fingerprint density at radius 3 is 2.50 bits per heavy atom. The van der Waals surface area contributed by atoms with Gasteiger partial charge in [-0.15, -0.1) is 0 Å². The molecule has 1 aromatic heterocycles. The molecule has 0 amide bonds. The molecule has 0 unspecified atom stereocenters. The minimum atomic E-state index is -0.816. The highest BCUT2D eigenvalue weighted by Gasteiger charge is 2.10. The Bertz CT molecular complexity index is 1100. The fourth-order valence-corrected chi connectivity index (χ4v) is 3.79. The van der Waals surface area contributed by atoms with Crippen LogP contribution in [0.4, 0.5) is 5.82 Å². The smallest absolute Gasteiger partial charge is 0.307 e. The monoisotopic (exact) mass is 433 g/mol. The summed E-state index contributed by atoms with van der Waals surface area (Å²) in [6, 6.07) is 12.1. The van der Waals surface area contributed by atoms with Gasteiger partial charge in [0.1, 0.15) is 17.9 Å². The zero-order chi connectivity index (χ0) is 23.1. The number of hydrogen-bond acceptors (Lipinski definition) is 5. The Kier molecular flexibility index (Phi) is 7.82. The van der Waals surface area contributed by atoms with Gasteiger partial charge in [-0.2, -0.15) is 0 Å². The van der Waals surface area contributed by atoms with Gasteiger partial charge >= 0.3 is 5.97 Å². The summed E-state index contributed by atoms with van der Waals surface area (Å²) in [4.78, 5) is 20.0. The molecule has 3 rings (SSSR count). The van der Waals surface area contributed by atoms with Gasteiger partial charge in [0, 0.05) is 18.2 Å². The molecule has 168 valence electrons. The first-order valence-electron chi connectivity index (χ1n) is 10.9. The maximum atomic E-state index is 11.2. The molecule has 0 bridgehead atoms. The molecule has 0 radical (unpaired) electrons. The minimum Gasteiger partial charge on any atom is -0.496 e. The molecule has 0 aliphatic heterocycles. The number of methoxy groups -OCH3 is 1. The number of aromatic nitrogens is 2. The molecule has 0 saturated heterocycles. The SMILES string of the molecule is CCCc1cc(-c2cc(NCCc3cc(C)c(C)cc3OC)ncn2)ccc1CC(=O)O. The first kappa shape index (κ1) is 23.3. The molecule has 1 heterocycles. The zero-order valence-electron chi connectivity index (χ0n) is 19.2. The summed E-state index contributed by atoms with van der Waals surface area (Å²) in [7, 11) is 1.70. The number of carboxylic acid groups (broad SMARTS) is 1. The largest absolute Gasteiger partial charge is 0.496 e. The van der Waals surface area contributed by atoms with E-state index in [1.54, 1.807) is 13.4 Å². The standard InChI is InChI=1S/C26H31N3O3/c1-5-6-19-13-21(8-7-20(19)14-26(30)31)23-15-25(29-16-28-23)27-10-9-22-11-17(2)18(3)12-24(22)32-4/h7-8,11-13,15-16H,5-6,9-10,14H2,1-4H3,(H,30,31)(H,27,28,29). The van der Waals surface area contributed by atoms with E-state index in [4.69, 9.17) is 4.74 Å². The van der Waals surface area contributed by atoms with Crippen LogP contribution in [0.25, 0.3) is 11.3 Å². The maximum absolute atomic E-state index is 11.2. The number of ether oxygens (including phenoxy) is 1. The molecule has 3 aromatic rings. The van der Waals surface area contributed by atoms with Crippen LogP contribution in [0, 0.1) is 13.8 Å². The Labute approximate surface area is 189 Å². The van der Waals surface area contributed by atoms with Crippen molar-refractivity contribution < 1.29 is 14.6 Å². The number of hydrogen-bond donors (Lipinski definition) is 2. The lowest BCUT2D eigenvalue weighted by atomic mass is 9.97. The molecule has 0 fully saturated rings. The molecule has 2 aromatic carbocycles. The molecule has 6 heteroatoms. The summed E-state index contributed by atoms with van der Waals surface area (Å²) in [6.45, 7) is 7.00. The lowest BCUT2D eigenvalue weighted by Gasteiger charge is -2.13. The summed E-state index contributed by atoms with van der Waals surface area (Å²) < 4.78 is 5.54. The number of benzene rings is 2. The number of rotatable bonds is 10. The van der Waals surface area contributed by atoms with E-state index in [1.165, 1.54) is 11.1 Å². The van der Waals surface area contributed by atoms with Crippen molar-refractivity contribution in [2.75, 3.05) is 19.0 Å². The van der Waals surface area contributed by atoms with Crippen molar-refractivity contribution in [2.24, 2.45) is 0 Å². The van der Waals surface area contributed by atoms with Crippen molar-refractivity contribution in [3.05, 3.63) is 70.5 Å².